The molecule has 0 atom stereocenters. The van der Waals surface area contributed by atoms with Gasteiger partial charge in [0.2, 0.25) is 5.43 Å². The van der Waals surface area contributed by atoms with Gasteiger partial charge in [0.25, 0.3) is 0 Å². The van der Waals surface area contributed by atoms with Crippen molar-refractivity contribution >= 4 is 16.9 Å². The molecule has 1 heterocycles. The fraction of sp³-hybridized carbons (Fsp3) is 0.111. The molecule has 1 N–H and O–H groups in total. The number of para-hydroxylation sites is 1. The molecule has 0 bridgehead atoms. The molecule has 3 rings (SSSR count). The molecule has 5 heteroatoms. The second kappa shape index (κ2) is 6.36. The first kappa shape index (κ1) is 14.8. The number of H-pyrrole nitrogens is 1. The fourth-order valence-electron chi connectivity index (χ4n) is 2.27. The minimum atomic E-state index is -0.646. The Hall–Kier alpha value is -3.08. The van der Waals surface area contributed by atoms with Crippen LogP contribution in [0, 0.1) is 0 Å². The first-order valence-electron chi connectivity index (χ1n) is 7.09. The van der Waals surface area contributed by atoms with Crippen molar-refractivity contribution in [3.63, 3.8) is 0 Å². The number of carbonyl (C=O) groups is 1. The number of hydrogen-bond donors (Lipinski definition) is 1. The number of nitrogens with one attached hydrogen (secondary N) is 1. The van der Waals surface area contributed by atoms with Gasteiger partial charge in [0, 0.05) is 17.1 Å². The molecule has 0 aliphatic heterocycles. The maximum Gasteiger partial charge on any atom is 0.343 e. The van der Waals surface area contributed by atoms with Crippen LogP contribution in [0.2, 0.25) is 0 Å². The van der Waals surface area contributed by atoms with Crippen LogP contribution in [0.25, 0.3) is 10.9 Å². The van der Waals surface area contributed by atoms with E-state index < -0.39 is 5.97 Å². The normalized spacial score (nSPS) is 10.5. The molecule has 3 aromatic rings. The lowest BCUT2D eigenvalue weighted by molar-refractivity contribution is 0.0471. The highest BCUT2D eigenvalue weighted by molar-refractivity contribution is 5.93. The number of aromatic amines is 1. The van der Waals surface area contributed by atoms with Gasteiger partial charge in [-0.2, -0.15) is 0 Å². The summed E-state index contributed by atoms with van der Waals surface area (Å²) < 4.78 is 10.3. The first-order valence-corrected chi connectivity index (χ1v) is 7.09. The SMILES string of the molecule is COc1ccc(COC(=O)c2c[nH]c3ccccc3c2=O)cc1. The second-order valence-electron chi connectivity index (χ2n) is 5.00. The minimum Gasteiger partial charge on any atom is -0.497 e. The molecule has 5 nitrogen and oxygen atoms in total. The molecular weight excluding hydrogens is 294 g/mol. The molecule has 0 radical (unpaired) electrons. The van der Waals surface area contributed by atoms with Crippen molar-refractivity contribution in [1.29, 1.82) is 0 Å². The Balaban J connectivity index is 1.78. The molecule has 0 saturated carbocycles. The van der Waals surface area contributed by atoms with Crippen LogP contribution in [-0.4, -0.2) is 18.1 Å². The van der Waals surface area contributed by atoms with Crippen LogP contribution < -0.4 is 10.2 Å². The van der Waals surface area contributed by atoms with Gasteiger partial charge in [-0.05, 0) is 29.8 Å². The summed E-state index contributed by atoms with van der Waals surface area (Å²) in [6.07, 6.45) is 1.39. The van der Waals surface area contributed by atoms with E-state index in [4.69, 9.17) is 9.47 Å². The highest BCUT2D eigenvalue weighted by Gasteiger charge is 2.14. The molecule has 116 valence electrons. The molecule has 0 aliphatic rings. The summed E-state index contributed by atoms with van der Waals surface area (Å²) in [6, 6.07) is 14.2. The first-order chi connectivity index (χ1) is 11.2. The van der Waals surface area contributed by atoms with Crippen molar-refractivity contribution in [2.24, 2.45) is 0 Å². The highest BCUT2D eigenvalue weighted by Crippen LogP contribution is 2.13. The minimum absolute atomic E-state index is 0.00258. The number of rotatable bonds is 4. The van der Waals surface area contributed by atoms with Crippen molar-refractivity contribution in [1.82, 2.24) is 4.98 Å². The molecular formula is C18H15NO4. The predicted octanol–water partition coefficient (Wildman–Crippen LogP) is 2.89. The number of fused-ring (bicyclic) bond motifs is 1. The molecule has 23 heavy (non-hydrogen) atoms. The van der Waals surface area contributed by atoms with Crippen molar-refractivity contribution in [3.8, 4) is 5.75 Å². The molecule has 0 aliphatic carbocycles. The number of methoxy groups -OCH3 is 1. The Labute approximate surface area is 132 Å². The summed E-state index contributed by atoms with van der Waals surface area (Å²) in [5.74, 6) is 0.0823. The average molecular weight is 309 g/mol. The Morgan fingerprint density at radius 3 is 2.57 bits per heavy atom. The van der Waals surface area contributed by atoms with Crippen molar-refractivity contribution in [3.05, 3.63) is 76.1 Å². The number of carbonyl (C=O) groups excluding carboxylic acids is 1. The topological polar surface area (TPSA) is 68.4 Å². The van der Waals surface area contributed by atoms with Crippen LogP contribution >= 0.6 is 0 Å². The maximum atomic E-state index is 12.3. The van der Waals surface area contributed by atoms with Gasteiger partial charge in [-0.3, -0.25) is 4.79 Å². The molecule has 0 unspecified atom stereocenters. The number of hydrogen-bond acceptors (Lipinski definition) is 4. The zero-order chi connectivity index (χ0) is 16.2. The fourth-order valence-corrected chi connectivity index (χ4v) is 2.27. The third kappa shape index (κ3) is 3.08. The van der Waals surface area contributed by atoms with Crippen molar-refractivity contribution < 1.29 is 14.3 Å². The molecule has 2 aromatic carbocycles. The molecule has 0 spiro atoms. The van der Waals surface area contributed by atoms with Crippen LogP contribution in [0.1, 0.15) is 15.9 Å². The summed E-state index contributed by atoms with van der Waals surface area (Å²) in [6.45, 7) is 0.0924. The van der Waals surface area contributed by atoms with Crippen molar-refractivity contribution in [2.75, 3.05) is 7.11 Å². The summed E-state index contributed by atoms with van der Waals surface area (Å²) in [4.78, 5) is 27.4. The number of pyridine rings is 1. The number of aromatic nitrogens is 1. The van der Waals surface area contributed by atoms with Crippen molar-refractivity contribution in [2.45, 2.75) is 6.61 Å². The lowest BCUT2D eigenvalue weighted by Gasteiger charge is -2.06. The molecule has 1 aromatic heterocycles. The molecule has 0 amide bonds. The highest BCUT2D eigenvalue weighted by atomic mass is 16.5. The number of esters is 1. The Morgan fingerprint density at radius 1 is 1.09 bits per heavy atom. The quantitative estimate of drug-likeness (QED) is 0.752. The summed E-state index contributed by atoms with van der Waals surface area (Å²) >= 11 is 0. The lowest BCUT2D eigenvalue weighted by atomic mass is 10.1. The van der Waals surface area contributed by atoms with E-state index in [1.54, 1.807) is 49.6 Å². The second-order valence-corrected chi connectivity index (χ2v) is 5.00. The Morgan fingerprint density at radius 2 is 1.83 bits per heavy atom. The summed E-state index contributed by atoms with van der Waals surface area (Å²) in [5.41, 5.74) is 1.16. The van der Waals surface area contributed by atoms with Gasteiger partial charge in [-0.25, -0.2) is 4.79 Å². The third-order valence-corrected chi connectivity index (χ3v) is 3.54. The van der Waals surface area contributed by atoms with Gasteiger partial charge in [-0.1, -0.05) is 24.3 Å². The van der Waals surface area contributed by atoms with Gasteiger partial charge < -0.3 is 14.5 Å². The zero-order valence-electron chi connectivity index (χ0n) is 12.5. The van der Waals surface area contributed by atoms with E-state index in [1.807, 2.05) is 6.07 Å². The number of ether oxygens (including phenoxy) is 2. The van der Waals surface area contributed by atoms with E-state index in [-0.39, 0.29) is 17.6 Å². The average Bonchev–Trinajstić information content (AvgIpc) is 2.60. The molecule has 0 saturated heterocycles. The Kier molecular flexibility index (Phi) is 4.10. The van der Waals surface area contributed by atoms with E-state index in [0.29, 0.717) is 10.9 Å². The van der Waals surface area contributed by atoms with E-state index >= 15 is 0 Å². The Bertz CT molecular complexity index is 897. The van der Waals surface area contributed by atoms with E-state index in [1.165, 1.54) is 6.20 Å². The number of benzene rings is 2. The third-order valence-electron chi connectivity index (χ3n) is 3.54. The van der Waals surface area contributed by atoms with Gasteiger partial charge in [0.15, 0.2) is 0 Å². The van der Waals surface area contributed by atoms with E-state index in [2.05, 4.69) is 4.98 Å². The standard InChI is InChI=1S/C18H15NO4/c1-22-13-8-6-12(7-9-13)11-23-18(21)15-10-19-16-5-3-2-4-14(16)17(15)20/h2-10H,11H2,1H3,(H,19,20). The van der Waals surface area contributed by atoms with Crippen LogP contribution in [0.4, 0.5) is 0 Å². The monoisotopic (exact) mass is 309 g/mol. The summed E-state index contributed by atoms with van der Waals surface area (Å²) in [7, 11) is 1.58. The van der Waals surface area contributed by atoms with Crippen LogP contribution in [-0.2, 0) is 11.3 Å². The molecule has 0 fully saturated rings. The van der Waals surface area contributed by atoms with Gasteiger partial charge >= 0.3 is 5.97 Å². The van der Waals surface area contributed by atoms with Crippen LogP contribution in [0.3, 0.4) is 0 Å². The maximum absolute atomic E-state index is 12.3. The largest absolute Gasteiger partial charge is 0.497 e. The predicted molar refractivity (Wildman–Crippen MR) is 86.7 cm³/mol. The zero-order valence-corrected chi connectivity index (χ0v) is 12.5. The van der Waals surface area contributed by atoms with E-state index in [9.17, 15) is 9.59 Å². The van der Waals surface area contributed by atoms with Crippen LogP contribution in [0.15, 0.2) is 59.5 Å². The van der Waals surface area contributed by atoms with Gasteiger partial charge in [-0.15, -0.1) is 0 Å². The van der Waals surface area contributed by atoms with Crippen LogP contribution in [0.5, 0.6) is 5.75 Å². The smallest absolute Gasteiger partial charge is 0.343 e. The van der Waals surface area contributed by atoms with Gasteiger partial charge in [0.05, 0.1) is 7.11 Å². The van der Waals surface area contributed by atoms with E-state index in [0.717, 1.165) is 11.3 Å². The lowest BCUT2D eigenvalue weighted by Crippen LogP contribution is -2.18. The summed E-state index contributed by atoms with van der Waals surface area (Å²) in [5, 5.41) is 0.464. The van der Waals surface area contributed by atoms with Gasteiger partial charge in [0.1, 0.15) is 17.9 Å².